The minimum absolute atomic E-state index is 0.332. The molecule has 10 heavy (non-hydrogen) atoms. The molecular formula is C9H16O. The van der Waals surface area contributed by atoms with Gasteiger partial charge in [0.05, 0.1) is 0 Å². The summed E-state index contributed by atoms with van der Waals surface area (Å²) in [7, 11) is 0. The predicted molar refractivity (Wildman–Crippen MR) is 42.8 cm³/mol. The summed E-state index contributed by atoms with van der Waals surface area (Å²) in [6.07, 6.45) is 9.07. The van der Waals surface area contributed by atoms with E-state index in [2.05, 4.69) is 19.1 Å². The normalized spacial score (nSPS) is 31.4. The van der Waals surface area contributed by atoms with Crippen LogP contribution in [0.5, 0.6) is 0 Å². The molecule has 0 saturated heterocycles. The lowest BCUT2D eigenvalue weighted by Crippen LogP contribution is -2.15. The van der Waals surface area contributed by atoms with Crippen molar-refractivity contribution in [1.29, 1.82) is 0 Å². The summed E-state index contributed by atoms with van der Waals surface area (Å²) in [4.78, 5) is 0. The first kappa shape index (κ1) is 7.80. The van der Waals surface area contributed by atoms with E-state index in [0.29, 0.717) is 12.0 Å². The van der Waals surface area contributed by atoms with Crippen molar-refractivity contribution in [2.24, 2.45) is 5.41 Å². The van der Waals surface area contributed by atoms with Gasteiger partial charge in [-0.25, -0.2) is 0 Å². The van der Waals surface area contributed by atoms with Crippen LogP contribution in [0.1, 0.15) is 32.6 Å². The van der Waals surface area contributed by atoms with Gasteiger partial charge in [-0.3, -0.25) is 0 Å². The Bertz CT molecular complexity index is 129. The van der Waals surface area contributed by atoms with Crippen LogP contribution >= 0.6 is 0 Å². The summed E-state index contributed by atoms with van der Waals surface area (Å²) < 4.78 is 0. The highest BCUT2D eigenvalue weighted by molar-refractivity contribution is 5.05. The van der Waals surface area contributed by atoms with E-state index in [1.54, 1.807) is 0 Å². The maximum absolute atomic E-state index is 8.79. The standard InChI is InChI=1S/C9H16O/c1-2-9(7-8-10)5-3-4-6-9/h3,5,10H,2,4,6-8H2,1H3/t9-/m0/s1. The van der Waals surface area contributed by atoms with Crippen LogP contribution in [0.15, 0.2) is 12.2 Å². The van der Waals surface area contributed by atoms with Crippen LogP contribution in [-0.4, -0.2) is 11.7 Å². The molecule has 0 saturated carbocycles. The van der Waals surface area contributed by atoms with Gasteiger partial charge in [-0.1, -0.05) is 19.1 Å². The van der Waals surface area contributed by atoms with Crippen molar-refractivity contribution in [3.05, 3.63) is 12.2 Å². The molecule has 1 heteroatoms. The van der Waals surface area contributed by atoms with Gasteiger partial charge in [-0.2, -0.15) is 0 Å². The molecule has 0 amide bonds. The number of allylic oxidation sites excluding steroid dienone is 2. The third-order valence-corrected chi connectivity index (χ3v) is 2.59. The molecule has 0 aromatic heterocycles. The summed E-state index contributed by atoms with van der Waals surface area (Å²) in [6, 6.07) is 0. The van der Waals surface area contributed by atoms with Gasteiger partial charge in [0.15, 0.2) is 0 Å². The predicted octanol–water partition coefficient (Wildman–Crippen LogP) is 2.12. The van der Waals surface area contributed by atoms with Gasteiger partial charge in [0, 0.05) is 6.61 Å². The second-order valence-corrected chi connectivity index (χ2v) is 3.13. The van der Waals surface area contributed by atoms with Crippen LogP contribution in [-0.2, 0) is 0 Å². The Morgan fingerprint density at radius 2 is 2.40 bits per heavy atom. The van der Waals surface area contributed by atoms with Crippen LogP contribution < -0.4 is 0 Å². The van der Waals surface area contributed by atoms with Crippen LogP contribution in [0.25, 0.3) is 0 Å². The van der Waals surface area contributed by atoms with E-state index in [0.717, 1.165) is 6.42 Å². The first-order valence-corrected chi connectivity index (χ1v) is 4.11. The molecule has 0 aliphatic heterocycles. The summed E-state index contributed by atoms with van der Waals surface area (Å²) in [5.74, 6) is 0. The zero-order valence-corrected chi connectivity index (χ0v) is 6.64. The number of hydrogen-bond donors (Lipinski definition) is 1. The van der Waals surface area contributed by atoms with E-state index in [1.807, 2.05) is 0 Å². The zero-order valence-electron chi connectivity index (χ0n) is 6.64. The second-order valence-electron chi connectivity index (χ2n) is 3.13. The van der Waals surface area contributed by atoms with Crippen LogP contribution in [0, 0.1) is 5.41 Å². The van der Waals surface area contributed by atoms with Gasteiger partial charge in [-0.15, -0.1) is 0 Å². The molecule has 0 heterocycles. The molecule has 1 atom stereocenters. The van der Waals surface area contributed by atoms with Crippen LogP contribution in [0.3, 0.4) is 0 Å². The summed E-state index contributed by atoms with van der Waals surface area (Å²) in [6.45, 7) is 2.53. The van der Waals surface area contributed by atoms with Gasteiger partial charge in [0.2, 0.25) is 0 Å². The first-order valence-electron chi connectivity index (χ1n) is 4.11. The Morgan fingerprint density at radius 1 is 1.60 bits per heavy atom. The average Bonchev–Trinajstić information content (AvgIpc) is 2.39. The molecule has 1 rings (SSSR count). The lowest BCUT2D eigenvalue weighted by atomic mass is 9.82. The second kappa shape index (κ2) is 3.20. The molecule has 58 valence electrons. The van der Waals surface area contributed by atoms with E-state index in [9.17, 15) is 0 Å². The van der Waals surface area contributed by atoms with Crippen LogP contribution in [0.2, 0.25) is 0 Å². The van der Waals surface area contributed by atoms with Gasteiger partial charge < -0.3 is 5.11 Å². The molecule has 1 aliphatic rings. The highest BCUT2D eigenvalue weighted by Gasteiger charge is 2.26. The van der Waals surface area contributed by atoms with E-state index in [-0.39, 0.29) is 0 Å². The lowest BCUT2D eigenvalue weighted by Gasteiger charge is -2.24. The Kier molecular flexibility index (Phi) is 2.50. The fraction of sp³-hybridized carbons (Fsp3) is 0.778. The molecule has 0 spiro atoms. The number of aliphatic hydroxyl groups excluding tert-OH is 1. The Hall–Kier alpha value is -0.300. The zero-order chi connectivity index (χ0) is 7.45. The topological polar surface area (TPSA) is 20.2 Å². The highest BCUT2D eigenvalue weighted by Crippen LogP contribution is 2.38. The van der Waals surface area contributed by atoms with Crippen molar-refractivity contribution in [2.75, 3.05) is 6.61 Å². The van der Waals surface area contributed by atoms with Crippen molar-refractivity contribution in [1.82, 2.24) is 0 Å². The molecule has 1 nitrogen and oxygen atoms in total. The molecule has 0 aromatic rings. The highest BCUT2D eigenvalue weighted by atomic mass is 16.3. The minimum Gasteiger partial charge on any atom is -0.396 e. The molecule has 1 N–H and O–H groups in total. The Labute approximate surface area is 62.8 Å². The number of aliphatic hydroxyl groups is 1. The molecule has 1 aliphatic carbocycles. The van der Waals surface area contributed by atoms with Crippen molar-refractivity contribution in [2.45, 2.75) is 32.6 Å². The molecule has 0 aromatic carbocycles. The molecule has 0 unspecified atom stereocenters. The lowest BCUT2D eigenvalue weighted by molar-refractivity contribution is 0.213. The van der Waals surface area contributed by atoms with Gasteiger partial charge in [0.25, 0.3) is 0 Å². The monoisotopic (exact) mass is 140 g/mol. The third kappa shape index (κ3) is 1.40. The van der Waals surface area contributed by atoms with Crippen molar-refractivity contribution >= 4 is 0 Å². The summed E-state index contributed by atoms with van der Waals surface area (Å²) >= 11 is 0. The van der Waals surface area contributed by atoms with Crippen LogP contribution in [0.4, 0.5) is 0 Å². The van der Waals surface area contributed by atoms with E-state index >= 15 is 0 Å². The quantitative estimate of drug-likeness (QED) is 0.595. The molecule has 0 radical (unpaired) electrons. The van der Waals surface area contributed by atoms with Gasteiger partial charge >= 0.3 is 0 Å². The van der Waals surface area contributed by atoms with E-state index in [4.69, 9.17) is 5.11 Å². The number of rotatable bonds is 3. The Balaban J connectivity index is 2.50. The fourth-order valence-electron chi connectivity index (χ4n) is 1.69. The molecular weight excluding hydrogens is 124 g/mol. The summed E-state index contributed by atoms with van der Waals surface area (Å²) in [5.41, 5.74) is 0.356. The first-order chi connectivity index (χ1) is 4.83. The SMILES string of the molecule is CC[C@]1(CCO)C=CCC1. The fourth-order valence-corrected chi connectivity index (χ4v) is 1.69. The van der Waals surface area contributed by atoms with E-state index in [1.165, 1.54) is 19.3 Å². The van der Waals surface area contributed by atoms with Crippen molar-refractivity contribution in [3.63, 3.8) is 0 Å². The largest absolute Gasteiger partial charge is 0.396 e. The number of hydrogen-bond acceptors (Lipinski definition) is 1. The summed E-state index contributed by atoms with van der Waals surface area (Å²) in [5, 5.41) is 8.79. The van der Waals surface area contributed by atoms with Crippen molar-refractivity contribution < 1.29 is 5.11 Å². The third-order valence-electron chi connectivity index (χ3n) is 2.59. The van der Waals surface area contributed by atoms with Gasteiger partial charge in [-0.05, 0) is 31.1 Å². The maximum Gasteiger partial charge on any atom is 0.0439 e. The van der Waals surface area contributed by atoms with E-state index < -0.39 is 0 Å². The van der Waals surface area contributed by atoms with Gasteiger partial charge in [0.1, 0.15) is 0 Å². The maximum atomic E-state index is 8.79. The average molecular weight is 140 g/mol. The molecule has 0 bridgehead atoms. The van der Waals surface area contributed by atoms with Crippen molar-refractivity contribution in [3.8, 4) is 0 Å². The molecule has 0 fully saturated rings. The minimum atomic E-state index is 0.332. The Morgan fingerprint density at radius 3 is 2.80 bits per heavy atom. The smallest absolute Gasteiger partial charge is 0.0439 e.